The highest BCUT2D eigenvalue weighted by molar-refractivity contribution is 9.09. The maximum atomic E-state index is 12.4. The van der Waals surface area contributed by atoms with Crippen LogP contribution in [0.3, 0.4) is 0 Å². The fourth-order valence-electron chi connectivity index (χ4n) is 2.19. The quantitative estimate of drug-likeness (QED) is 0.810. The number of piperidine rings is 1. The summed E-state index contributed by atoms with van der Waals surface area (Å²) >= 11 is 3.31. The van der Waals surface area contributed by atoms with Crippen LogP contribution in [0.15, 0.2) is 11.1 Å². The van der Waals surface area contributed by atoms with E-state index >= 15 is 0 Å². The lowest BCUT2D eigenvalue weighted by Gasteiger charge is -2.30. The van der Waals surface area contributed by atoms with Crippen molar-refractivity contribution < 1.29 is 13.2 Å². The van der Waals surface area contributed by atoms with Gasteiger partial charge < -0.3 is 4.74 Å². The van der Waals surface area contributed by atoms with Crippen LogP contribution in [0.1, 0.15) is 18.5 Å². The fourth-order valence-corrected chi connectivity index (χ4v) is 3.96. The predicted molar refractivity (Wildman–Crippen MR) is 74.9 cm³/mol. The van der Waals surface area contributed by atoms with Crippen molar-refractivity contribution in [3.8, 4) is 0 Å². The Morgan fingerprint density at radius 1 is 1.53 bits per heavy atom. The van der Waals surface area contributed by atoms with Crippen LogP contribution in [0.2, 0.25) is 0 Å². The van der Waals surface area contributed by atoms with Gasteiger partial charge in [-0.15, -0.1) is 0 Å². The molecule has 1 aromatic rings. The second-order valence-corrected chi connectivity index (χ2v) is 7.22. The SMILES string of the molecule is Cc1[nH]ncc1S(=O)(=O)N1CCC(OCCBr)CC1. The normalized spacial score (nSPS) is 18.8. The first-order chi connectivity index (χ1) is 9.05. The van der Waals surface area contributed by atoms with E-state index < -0.39 is 10.0 Å². The molecule has 19 heavy (non-hydrogen) atoms. The molecule has 2 rings (SSSR count). The molecule has 1 aliphatic heterocycles. The molecule has 1 aromatic heterocycles. The first-order valence-electron chi connectivity index (χ1n) is 6.23. The van der Waals surface area contributed by atoms with E-state index in [0.717, 1.165) is 18.2 Å². The van der Waals surface area contributed by atoms with Crippen LogP contribution in [-0.2, 0) is 14.8 Å². The molecule has 0 aliphatic carbocycles. The van der Waals surface area contributed by atoms with Gasteiger partial charge in [0.1, 0.15) is 4.90 Å². The van der Waals surface area contributed by atoms with Gasteiger partial charge in [0.15, 0.2) is 0 Å². The lowest BCUT2D eigenvalue weighted by atomic mass is 10.1. The molecule has 1 N–H and O–H groups in total. The molecule has 0 radical (unpaired) electrons. The molecule has 6 nitrogen and oxygen atoms in total. The first-order valence-corrected chi connectivity index (χ1v) is 8.79. The Kier molecular flexibility index (Phi) is 4.99. The Morgan fingerprint density at radius 3 is 2.74 bits per heavy atom. The summed E-state index contributed by atoms with van der Waals surface area (Å²) in [5.74, 6) is 0. The minimum absolute atomic E-state index is 0.162. The van der Waals surface area contributed by atoms with Gasteiger partial charge >= 0.3 is 0 Å². The summed E-state index contributed by atoms with van der Waals surface area (Å²) in [4.78, 5) is 0.271. The van der Waals surface area contributed by atoms with Crippen molar-refractivity contribution in [3.05, 3.63) is 11.9 Å². The zero-order chi connectivity index (χ0) is 13.9. The standard InChI is InChI=1S/C11H18BrN3O3S/c1-9-11(8-13-14-9)19(16,17)15-5-2-10(3-6-15)18-7-4-12/h8,10H,2-7H2,1H3,(H,13,14). The summed E-state index contributed by atoms with van der Waals surface area (Å²) < 4.78 is 31.9. The van der Waals surface area contributed by atoms with Crippen LogP contribution >= 0.6 is 15.9 Å². The molecule has 1 aliphatic rings. The molecule has 8 heteroatoms. The topological polar surface area (TPSA) is 75.3 Å². The van der Waals surface area contributed by atoms with E-state index in [0.29, 0.717) is 25.4 Å². The minimum Gasteiger partial charge on any atom is -0.377 e. The van der Waals surface area contributed by atoms with Gasteiger partial charge in [0.05, 0.1) is 24.6 Å². The van der Waals surface area contributed by atoms with E-state index in [2.05, 4.69) is 26.1 Å². The van der Waals surface area contributed by atoms with Crippen LogP contribution < -0.4 is 0 Å². The number of hydrogen-bond donors (Lipinski definition) is 1. The van der Waals surface area contributed by atoms with E-state index in [1.54, 1.807) is 6.92 Å². The fraction of sp³-hybridized carbons (Fsp3) is 0.727. The molecule has 0 amide bonds. The average Bonchev–Trinajstić information content (AvgIpc) is 2.84. The summed E-state index contributed by atoms with van der Waals surface area (Å²) in [6.45, 7) is 3.38. The van der Waals surface area contributed by atoms with Gasteiger partial charge in [0.2, 0.25) is 10.0 Å². The molecule has 108 valence electrons. The second kappa shape index (κ2) is 6.34. The number of H-pyrrole nitrogens is 1. The number of ether oxygens (including phenoxy) is 1. The molecule has 2 heterocycles. The van der Waals surface area contributed by atoms with Crippen LogP contribution in [0.5, 0.6) is 0 Å². The third kappa shape index (κ3) is 3.36. The lowest BCUT2D eigenvalue weighted by molar-refractivity contribution is 0.0309. The number of sulfonamides is 1. The van der Waals surface area contributed by atoms with Gasteiger partial charge in [0.25, 0.3) is 0 Å². The summed E-state index contributed by atoms with van der Waals surface area (Å²) in [6, 6.07) is 0. The molecular formula is C11H18BrN3O3S. The maximum absolute atomic E-state index is 12.4. The first kappa shape index (κ1) is 15.0. The number of aromatic nitrogens is 2. The molecule has 0 unspecified atom stereocenters. The van der Waals surface area contributed by atoms with Gasteiger partial charge in [-0.3, -0.25) is 5.10 Å². The monoisotopic (exact) mass is 351 g/mol. The smallest absolute Gasteiger partial charge is 0.246 e. The highest BCUT2D eigenvalue weighted by atomic mass is 79.9. The van der Waals surface area contributed by atoms with Gasteiger partial charge in [0, 0.05) is 18.4 Å². The van der Waals surface area contributed by atoms with Crippen LogP contribution in [-0.4, -0.2) is 54.1 Å². The van der Waals surface area contributed by atoms with Crippen molar-refractivity contribution in [2.24, 2.45) is 0 Å². The molecule has 1 fully saturated rings. The number of aromatic amines is 1. The number of nitrogens with zero attached hydrogens (tertiary/aromatic N) is 2. The highest BCUT2D eigenvalue weighted by Crippen LogP contribution is 2.23. The average molecular weight is 352 g/mol. The molecular weight excluding hydrogens is 334 g/mol. The second-order valence-electron chi connectivity index (χ2n) is 4.52. The van der Waals surface area contributed by atoms with Crippen molar-refractivity contribution in [1.29, 1.82) is 0 Å². The molecule has 1 saturated heterocycles. The molecule has 0 saturated carbocycles. The number of aryl methyl sites for hydroxylation is 1. The van der Waals surface area contributed by atoms with Crippen molar-refractivity contribution in [2.75, 3.05) is 25.0 Å². The number of nitrogens with one attached hydrogen (secondary N) is 1. The van der Waals surface area contributed by atoms with Crippen molar-refractivity contribution in [3.63, 3.8) is 0 Å². The van der Waals surface area contributed by atoms with E-state index in [1.807, 2.05) is 0 Å². The van der Waals surface area contributed by atoms with E-state index in [1.165, 1.54) is 10.5 Å². The Hall–Kier alpha value is -0.440. The van der Waals surface area contributed by atoms with Gasteiger partial charge in [-0.25, -0.2) is 8.42 Å². The molecule has 0 atom stereocenters. The Labute approximate surface area is 121 Å². The highest BCUT2D eigenvalue weighted by Gasteiger charge is 2.31. The number of hydrogen-bond acceptors (Lipinski definition) is 4. The van der Waals surface area contributed by atoms with E-state index in [4.69, 9.17) is 4.74 Å². The third-order valence-electron chi connectivity index (χ3n) is 3.23. The third-order valence-corrected chi connectivity index (χ3v) is 5.57. The van der Waals surface area contributed by atoms with Gasteiger partial charge in [-0.2, -0.15) is 9.40 Å². The molecule has 0 spiro atoms. The number of rotatable bonds is 5. The summed E-state index contributed by atoms with van der Waals surface area (Å²) in [6.07, 6.45) is 3.01. The van der Waals surface area contributed by atoms with Crippen LogP contribution in [0.4, 0.5) is 0 Å². The maximum Gasteiger partial charge on any atom is 0.246 e. The zero-order valence-electron chi connectivity index (χ0n) is 10.8. The van der Waals surface area contributed by atoms with E-state index in [9.17, 15) is 8.42 Å². The van der Waals surface area contributed by atoms with Crippen LogP contribution in [0, 0.1) is 6.92 Å². The van der Waals surface area contributed by atoms with Crippen LogP contribution in [0.25, 0.3) is 0 Å². The lowest BCUT2D eigenvalue weighted by Crippen LogP contribution is -2.41. The minimum atomic E-state index is -3.42. The summed E-state index contributed by atoms with van der Waals surface area (Å²) in [5.41, 5.74) is 0.581. The Morgan fingerprint density at radius 2 is 2.21 bits per heavy atom. The van der Waals surface area contributed by atoms with Gasteiger partial charge in [-0.05, 0) is 19.8 Å². The van der Waals surface area contributed by atoms with Crippen molar-refractivity contribution in [2.45, 2.75) is 30.8 Å². The summed E-state index contributed by atoms with van der Waals surface area (Å²) in [7, 11) is -3.42. The number of alkyl halides is 1. The Bertz CT molecular complexity index is 509. The van der Waals surface area contributed by atoms with E-state index in [-0.39, 0.29) is 11.0 Å². The predicted octanol–water partition coefficient (Wildman–Crippen LogP) is 1.28. The summed E-state index contributed by atoms with van der Waals surface area (Å²) in [5, 5.41) is 7.25. The Balaban J connectivity index is 2.00. The number of halogens is 1. The molecule has 0 bridgehead atoms. The van der Waals surface area contributed by atoms with Crippen molar-refractivity contribution >= 4 is 26.0 Å². The van der Waals surface area contributed by atoms with Gasteiger partial charge in [-0.1, -0.05) is 15.9 Å². The largest absolute Gasteiger partial charge is 0.377 e. The zero-order valence-corrected chi connectivity index (χ0v) is 13.2. The molecule has 0 aromatic carbocycles. The van der Waals surface area contributed by atoms with Crippen molar-refractivity contribution in [1.82, 2.24) is 14.5 Å².